The van der Waals surface area contributed by atoms with Crippen LogP contribution in [0.25, 0.3) is 11.3 Å². The number of H-pyrrole nitrogens is 1. The van der Waals surface area contributed by atoms with Crippen molar-refractivity contribution in [1.29, 1.82) is 0 Å². The first-order valence-corrected chi connectivity index (χ1v) is 11.5. The number of rotatable bonds is 4. The number of piperidine rings is 1. The number of likely N-dealkylation sites (tertiary alicyclic amines) is 1. The number of carbonyl (C=O) groups excluding carboxylic acids is 2. The van der Waals surface area contributed by atoms with E-state index in [2.05, 4.69) is 20.5 Å². The van der Waals surface area contributed by atoms with Gasteiger partial charge in [-0.1, -0.05) is 0 Å². The van der Waals surface area contributed by atoms with Crippen molar-refractivity contribution in [2.45, 2.75) is 63.3 Å². The van der Waals surface area contributed by atoms with Crippen LogP contribution >= 0.6 is 0 Å². The third-order valence-corrected chi connectivity index (χ3v) is 6.92. The SMILES string of the molecule is Cc1cc(-c2cc(C(=O)N3CCC(C(=O)NC4CCC(O)(C(F)(F)F)CC4)CC3)[nH]n2)c(F)cn1. The van der Waals surface area contributed by atoms with E-state index in [0.717, 1.165) is 6.20 Å². The topological polar surface area (TPSA) is 111 Å². The van der Waals surface area contributed by atoms with Crippen molar-refractivity contribution in [1.82, 2.24) is 25.4 Å². The van der Waals surface area contributed by atoms with Gasteiger partial charge in [0.25, 0.3) is 5.91 Å². The third-order valence-electron chi connectivity index (χ3n) is 6.92. The van der Waals surface area contributed by atoms with E-state index in [4.69, 9.17) is 0 Å². The fraction of sp³-hybridized carbons (Fsp3) is 0.565. The standard InChI is InChI=1S/C23H27F4N5O3/c1-13-10-16(17(24)12-28-13)18-11-19(31-30-18)21(34)32-8-4-14(5-9-32)20(33)29-15-2-6-22(35,7-3-15)23(25,26)27/h10-12,14-15,35H,2-9H2,1H3,(H,29,33)(H,30,31). The molecular weight excluding hydrogens is 470 g/mol. The van der Waals surface area contributed by atoms with E-state index in [1.165, 1.54) is 6.07 Å². The molecule has 0 bridgehead atoms. The smallest absolute Gasteiger partial charge is 0.380 e. The van der Waals surface area contributed by atoms with E-state index in [1.807, 2.05) is 0 Å². The first kappa shape index (κ1) is 25.1. The second-order valence-corrected chi connectivity index (χ2v) is 9.35. The molecule has 1 aliphatic heterocycles. The van der Waals surface area contributed by atoms with Gasteiger partial charge >= 0.3 is 6.18 Å². The summed E-state index contributed by atoms with van der Waals surface area (Å²) >= 11 is 0. The fourth-order valence-corrected chi connectivity index (χ4v) is 4.67. The monoisotopic (exact) mass is 497 g/mol. The van der Waals surface area contributed by atoms with Crippen molar-refractivity contribution in [3.05, 3.63) is 35.5 Å². The summed E-state index contributed by atoms with van der Waals surface area (Å²) in [5.74, 6) is -1.46. The van der Waals surface area contributed by atoms with Crippen molar-refractivity contribution >= 4 is 11.8 Å². The van der Waals surface area contributed by atoms with Gasteiger partial charge in [-0.05, 0) is 57.6 Å². The first-order chi connectivity index (χ1) is 16.5. The van der Waals surface area contributed by atoms with Gasteiger partial charge in [-0.2, -0.15) is 18.3 Å². The van der Waals surface area contributed by atoms with E-state index in [-0.39, 0.29) is 47.5 Å². The number of aromatic nitrogens is 3. The summed E-state index contributed by atoms with van der Waals surface area (Å²) < 4.78 is 53.0. The number of alkyl halides is 3. The van der Waals surface area contributed by atoms with Crippen LogP contribution in [0, 0.1) is 18.7 Å². The molecule has 2 aliphatic rings. The van der Waals surface area contributed by atoms with Gasteiger partial charge in [0, 0.05) is 36.3 Å². The summed E-state index contributed by atoms with van der Waals surface area (Å²) in [5.41, 5.74) is -1.35. The Morgan fingerprint density at radius 3 is 2.46 bits per heavy atom. The summed E-state index contributed by atoms with van der Waals surface area (Å²) in [5, 5.41) is 19.3. The van der Waals surface area contributed by atoms with Gasteiger partial charge in [0.2, 0.25) is 5.91 Å². The molecule has 0 unspecified atom stereocenters. The molecule has 3 heterocycles. The number of hydrogen-bond donors (Lipinski definition) is 3. The number of nitrogens with zero attached hydrogens (tertiary/aromatic N) is 3. The zero-order chi connectivity index (χ0) is 25.4. The van der Waals surface area contributed by atoms with Crippen molar-refractivity contribution in [2.24, 2.45) is 5.92 Å². The molecule has 0 spiro atoms. The van der Waals surface area contributed by atoms with E-state index in [1.54, 1.807) is 17.9 Å². The van der Waals surface area contributed by atoms with Crippen LogP contribution in [0.4, 0.5) is 17.6 Å². The average molecular weight is 497 g/mol. The van der Waals surface area contributed by atoms with E-state index in [9.17, 15) is 32.3 Å². The zero-order valence-corrected chi connectivity index (χ0v) is 19.2. The highest BCUT2D eigenvalue weighted by atomic mass is 19.4. The summed E-state index contributed by atoms with van der Waals surface area (Å²) in [6, 6.07) is 2.61. The second kappa shape index (κ2) is 9.56. The number of carbonyl (C=O) groups is 2. The quantitative estimate of drug-likeness (QED) is 0.562. The third kappa shape index (κ3) is 5.31. The Labute approximate surface area is 199 Å². The molecule has 0 radical (unpaired) electrons. The number of pyridine rings is 1. The second-order valence-electron chi connectivity index (χ2n) is 9.35. The van der Waals surface area contributed by atoms with Crippen LogP contribution in [-0.4, -0.2) is 67.9 Å². The molecule has 2 aromatic rings. The van der Waals surface area contributed by atoms with Crippen LogP contribution < -0.4 is 5.32 Å². The molecule has 2 aromatic heterocycles. The number of nitrogens with one attached hydrogen (secondary N) is 2. The molecule has 4 rings (SSSR count). The molecule has 8 nitrogen and oxygen atoms in total. The predicted octanol–water partition coefficient (Wildman–Crippen LogP) is 3.12. The van der Waals surface area contributed by atoms with Crippen LogP contribution in [0.5, 0.6) is 0 Å². The maximum absolute atomic E-state index is 14.1. The van der Waals surface area contributed by atoms with Crippen molar-refractivity contribution < 1.29 is 32.3 Å². The lowest BCUT2D eigenvalue weighted by Gasteiger charge is -2.38. The lowest BCUT2D eigenvalue weighted by Crippen LogP contribution is -2.52. The molecule has 12 heteroatoms. The Balaban J connectivity index is 1.28. The minimum atomic E-state index is -4.68. The van der Waals surface area contributed by atoms with Crippen LogP contribution in [0.1, 0.15) is 54.7 Å². The fourth-order valence-electron chi connectivity index (χ4n) is 4.67. The normalized spacial score (nSPS) is 23.8. The Hall–Kier alpha value is -3.02. The number of hydrogen-bond acceptors (Lipinski definition) is 5. The maximum atomic E-state index is 14.1. The predicted molar refractivity (Wildman–Crippen MR) is 117 cm³/mol. The van der Waals surface area contributed by atoms with Gasteiger partial charge in [-0.15, -0.1) is 0 Å². The molecule has 2 fully saturated rings. The van der Waals surface area contributed by atoms with Crippen molar-refractivity contribution in [2.75, 3.05) is 13.1 Å². The number of halogens is 4. The highest BCUT2D eigenvalue weighted by Crippen LogP contribution is 2.41. The first-order valence-electron chi connectivity index (χ1n) is 11.5. The Morgan fingerprint density at radius 2 is 1.83 bits per heavy atom. The molecule has 1 saturated carbocycles. The van der Waals surface area contributed by atoms with Gasteiger partial charge in [-0.3, -0.25) is 19.7 Å². The van der Waals surface area contributed by atoms with E-state index >= 15 is 0 Å². The molecule has 190 valence electrons. The lowest BCUT2D eigenvalue weighted by molar-refractivity contribution is -0.270. The van der Waals surface area contributed by atoms with Gasteiger partial charge in [0.05, 0.1) is 11.9 Å². The Kier molecular flexibility index (Phi) is 6.85. The number of aromatic amines is 1. The van der Waals surface area contributed by atoms with Gasteiger partial charge in [0.15, 0.2) is 11.4 Å². The highest BCUT2D eigenvalue weighted by Gasteiger charge is 2.54. The molecule has 1 aliphatic carbocycles. The average Bonchev–Trinajstić information content (AvgIpc) is 3.31. The van der Waals surface area contributed by atoms with Gasteiger partial charge < -0.3 is 15.3 Å². The molecule has 35 heavy (non-hydrogen) atoms. The largest absolute Gasteiger partial charge is 0.417 e. The highest BCUT2D eigenvalue weighted by molar-refractivity contribution is 5.93. The molecule has 2 amide bonds. The van der Waals surface area contributed by atoms with Crippen molar-refractivity contribution in [3.8, 4) is 11.3 Å². The lowest BCUT2D eigenvalue weighted by atomic mass is 9.81. The van der Waals surface area contributed by atoms with E-state index < -0.39 is 36.5 Å². The maximum Gasteiger partial charge on any atom is 0.417 e. The zero-order valence-electron chi connectivity index (χ0n) is 19.2. The van der Waals surface area contributed by atoms with Crippen LogP contribution in [0.15, 0.2) is 18.3 Å². The Bertz CT molecular complexity index is 1090. The summed E-state index contributed by atoms with van der Waals surface area (Å²) in [4.78, 5) is 31.0. The van der Waals surface area contributed by atoms with Gasteiger partial charge in [0.1, 0.15) is 5.69 Å². The van der Waals surface area contributed by atoms with Gasteiger partial charge in [-0.25, -0.2) is 4.39 Å². The number of aryl methyl sites for hydroxylation is 1. The molecule has 0 atom stereocenters. The summed E-state index contributed by atoms with van der Waals surface area (Å²) in [6.07, 6.45) is -3.53. The molecule has 1 saturated heterocycles. The minimum Gasteiger partial charge on any atom is -0.380 e. The molecular formula is C23H27F4N5O3. The van der Waals surface area contributed by atoms with Crippen LogP contribution in [0.3, 0.4) is 0 Å². The van der Waals surface area contributed by atoms with Crippen molar-refractivity contribution in [3.63, 3.8) is 0 Å². The minimum absolute atomic E-state index is 0.0544. The number of amides is 2. The summed E-state index contributed by atoms with van der Waals surface area (Å²) in [7, 11) is 0. The number of aliphatic hydroxyl groups is 1. The van der Waals surface area contributed by atoms with E-state index in [0.29, 0.717) is 31.6 Å². The molecule has 0 aromatic carbocycles. The molecule has 3 N–H and O–H groups in total. The summed E-state index contributed by atoms with van der Waals surface area (Å²) in [6.45, 7) is 2.37. The van der Waals surface area contributed by atoms with Crippen LogP contribution in [-0.2, 0) is 4.79 Å². The Morgan fingerprint density at radius 1 is 1.17 bits per heavy atom. The van der Waals surface area contributed by atoms with Crippen LogP contribution in [0.2, 0.25) is 0 Å².